The topological polar surface area (TPSA) is 104 Å². The summed E-state index contributed by atoms with van der Waals surface area (Å²) in [7, 11) is 1.56. The van der Waals surface area contributed by atoms with E-state index in [2.05, 4.69) is 5.32 Å². The minimum absolute atomic E-state index is 0.0429. The Morgan fingerprint density at radius 2 is 1.94 bits per heavy atom. The lowest BCUT2D eigenvalue weighted by Crippen LogP contribution is -2.22. The van der Waals surface area contributed by atoms with E-state index >= 15 is 0 Å². The number of hydrogen-bond donors (Lipinski definition) is 1. The largest absolute Gasteiger partial charge is 0.497 e. The fraction of sp³-hybridized carbons (Fsp3) is 0.348. The van der Waals surface area contributed by atoms with Gasteiger partial charge >= 0.3 is 11.9 Å². The molecule has 0 radical (unpaired) electrons. The first-order chi connectivity index (χ1) is 15.4. The van der Waals surface area contributed by atoms with Gasteiger partial charge in [-0.25, -0.2) is 4.79 Å². The molecule has 0 bridgehead atoms. The van der Waals surface area contributed by atoms with E-state index in [1.54, 1.807) is 32.2 Å². The molecule has 3 aromatic rings. The summed E-state index contributed by atoms with van der Waals surface area (Å²) in [6.45, 7) is 5.30. The summed E-state index contributed by atoms with van der Waals surface area (Å²) < 4.78 is 20.9. The maximum absolute atomic E-state index is 12.4. The summed E-state index contributed by atoms with van der Waals surface area (Å²) in [6.07, 6.45) is 2.07. The number of aryl methyl sites for hydroxylation is 1. The minimum atomic E-state index is -0.569. The predicted octanol–water partition coefficient (Wildman–Crippen LogP) is 4.27. The Hall–Kier alpha value is -3.33. The molecule has 0 saturated carbocycles. The predicted molar refractivity (Wildman–Crippen MR) is 120 cm³/mol. The quantitative estimate of drug-likeness (QED) is 0.476. The Labute approximate surface area is 189 Å². The highest BCUT2D eigenvalue weighted by Gasteiger charge is 2.24. The van der Waals surface area contributed by atoms with Gasteiger partial charge in [-0.05, 0) is 38.0 Å². The standard InChI is InChI=1S/C23H25NO7S/c1-5-16-13(3)32-22(21(16)23(27)29-6-2)24-19(25)12-31-20(26)9-14-11-30-18-10-15(28-4)7-8-17(14)18/h7-8,10-11H,5-6,9,12H2,1-4H3,(H,24,25). The second-order valence-corrected chi connectivity index (χ2v) is 8.15. The van der Waals surface area contributed by atoms with E-state index in [1.165, 1.54) is 17.6 Å². The first-order valence-corrected chi connectivity index (χ1v) is 11.0. The third kappa shape index (κ3) is 5.11. The lowest BCUT2D eigenvalue weighted by Gasteiger charge is -2.08. The molecule has 9 heteroatoms. The maximum atomic E-state index is 12.4. The average molecular weight is 460 g/mol. The van der Waals surface area contributed by atoms with Crippen LogP contribution in [0.15, 0.2) is 28.9 Å². The van der Waals surface area contributed by atoms with Gasteiger partial charge in [0.1, 0.15) is 16.3 Å². The Bertz CT molecular complexity index is 1140. The van der Waals surface area contributed by atoms with Gasteiger partial charge in [0.2, 0.25) is 0 Å². The van der Waals surface area contributed by atoms with E-state index in [0.29, 0.717) is 33.9 Å². The minimum Gasteiger partial charge on any atom is -0.497 e. The first-order valence-electron chi connectivity index (χ1n) is 10.2. The molecule has 8 nitrogen and oxygen atoms in total. The smallest absolute Gasteiger partial charge is 0.341 e. The summed E-state index contributed by atoms with van der Waals surface area (Å²) in [6, 6.07) is 5.30. The third-order valence-corrected chi connectivity index (χ3v) is 5.92. The maximum Gasteiger partial charge on any atom is 0.341 e. The Morgan fingerprint density at radius 3 is 2.62 bits per heavy atom. The summed E-state index contributed by atoms with van der Waals surface area (Å²) in [4.78, 5) is 37.9. The zero-order valence-electron chi connectivity index (χ0n) is 18.4. The third-order valence-electron chi connectivity index (χ3n) is 4.86. The van der Waals surface area contributed by atoms with Gasteiger partial charge in [0.25, 0.3) is 5.91 Å². The molecule has 1 aromatic carbocycles. The van der Waals surface area contributed by atoms with Gasteiger partial charge in [-0.3, -0.25) is 9.59 Å². The highest BCUT2D eigenvalue weighted by molar-refractivity contribution is 7.16. The number of benzene rings is 1. The van der Waals surface area contributed by atoms with E-state index in [0.717, 1.165) is 15.8 Å². The molecular weight excluding hydrogens is 434 g/mol. The van der Waals surface area contributed by atoms with E-state index in [9.17, 15) is 14.4 Å². The average Bonchev–Trinajstić information content (AvgIpc) is 3.31. The normalized spacial score (nSPS) is 10.8. The molecule has 1 N–H and O–H groups in total. The van der Waals surface area contributed by atoms with Crippen molar-refractivity contribution in [3.63, 3.8) is 0 Å². The molecule has 32 heavy (non-hydrogen) atoms. The van der Waals surface area contributed by atoms with Crippen LogP contribution in [0.2, 0.25) is 0 Å². The van der Waals surface area contributed by atoms with Crippen molar-refractivity contribution in [2.45, 2.75) is 33.6 Å². The molecule has 0 atom stereocenters. The van der Waals surface area contributed by atoms with Gasteiger partial charge in [-0.1, -0.05) is 6.92 Å². The Kier molecular flexibility index (Phi) is 7.53. The summed E-state index contributed by atoms with van der Waals surface area (Å²) >= 11 is 1.29. The molecule has 0 aliphatic heterocycles. The molecule has 0 unspecified atom stereocenters. The Morgan fingerprint density at radius 1 is 1.16 bits per heavy atom. The van der Waals surface area contributed by atoms with Crippen molar-refractivity contribution >= 4 is 45.2 Å². The van der Waals surface area contributed by atoms with Crippen LogP contribution in [0.4, 0.5) is 5.00 Å². The molecule has 3 rings (SSSR count). The number of anilines is 1. The highest BCUT2D eigenvalue weighted by atomic mass is 32.1. The zero-order chi connectivity index (χ0) is 23.3. The number of thiophene rings is 1. The van der Waals surface area contributed by atoms with Crippen LogP contribution in [0, 0.1) is 6.92 Å². The summed E-state index contributed by atoms with van der Waals surface area (Å²) in [5.41, 5.74) is 2.44. The molecule has 170 valence electrons. The van der Waals surface area contributed by atoms with Crippen molar-refractivity contribution in [1.82, 2.24) is 0 Å². The molecule has 2 aromatic heterocycles. The van der Waals surface area contributed by atoms with Gasteiger partial charge < -0.3 is 23.9 Å². The number of amides is 1. The van der Waals surface area contributed by atoms with Crippen LogP contribution in [0.5, 0.6) is 5.75 Å². The van der Waals surface area contributed by atoms with E-state index in [-0.39, 0.29) is 13.0 Å². The van der Waals surface area contributed by atoms with Crippen LogP contribution in [0.25, 0.3) is 11.0 Å². The number of rotatable bonds is 9. The molecule has 0 saturated heterocycles. The van der Waals surface area contributed by atoms with Crippen molar-refractivity contribution in [3.8, 4) is 5.75 Å². The van der Waals surface area contributed by atoms with E-state index in [4.69, 9.17) is 18.6 Å². The van der Waals surface area contributed by atoms with Crippen molar-refractivity contribution in [2.24, 2.45) is 0 Å². The van der Waals surface area contributed by atoms with Crippen LogP contribution in [0.1, 0.15) is 40.2 Å². The number of methoxy groups -OCH3 is 1. The SMILES string of the molecule is CCOC(=O)c1c(NC(=O)COC(=O)Cc2coc3cc(OC)ccc23)sc(C)c1CC. The molecule has 0 spiro atoms. The first kappa shape index (κ1) is 23.3. The van der Waals surface area contributed by atoms with Gasteiger partial charge in [-0.15, -0.1) is 11.3 Å². The van der Waals surface area contributed by atoms with Gasteiger partial charge in [0, 0.05) is 21.9 Å². The lowest BCUT2D eigenvalue weighted by atomic mass is 10.1. The number of carbonyl (C=O) groups is 3. The number of furan rings is 1. The Balaban J connectivity index is 1.62. The van der Waals surface area contributed by atoms with Crippen LogP contribution < -0.4 is 10.1 Å². The van der Waals surface area contributed by atoms with Crippen LogP contribution in [-0.2, 0) is 31.9 Å². The van der Waals surface area contributed by atoms with Gasteiger partial charge in [0.05, 0.1) is 32.0 Å². The van der Waals surface area contributed by atoms with Crippen molar-refractivity contribution in [1.29, 1.82) is 0 Å². The molecule has 2 heterocycles. The van der Waals surface area contributed by atoms with Gasteiger partial charge in [0.15, 0.2) is 6.61 Å². The fourth-order valence-electron chi connectivity index (χ4n) is 3.35. The van der Waals surface area contributed by atoms with Gasteiger partial charge in [-0.2, -0.15) is 0 Å². The fourth-order valence-corrected chi connectivity index (χ4v) is 4.50. The molecule has 0 fully saturated rings. The lowest BCUT2D eigenvalue weighted by molar-refractivity contribution is -0.146. The number of ether oxygens (including phenoxy) is 3. The highest BCUT2D eigenvalue weighted by Crippen LogP contribution is 2.34. The number of carbonyl (C=O) groups excluding carboxylic acids is 3. The second-order valence-electron chi connectivity index (χ2n) is 6.92. The molecule has 0 aliphatic rings. The number of nitrogens with one attached hydrogen (secondary N) is 1. The summed E-state index contributed by atoms with van der Waals surface area (Å²) in [5, 5.41) is 3.84. The number of hydrogen-bond acceptors (Lipinski definition) is 8. The zero-order valence-corrected chi connectivity index (χ0v) is 19.2. The van der Waals surface area contributed by atoms with E-state index in [1.807, 2.05) is 13.8 Å². The second kappa shape index (κ2) is 10.3. The van der Waals surface area contributed by atoms with Crippen molar-refractivity contribution < 1.29 is 33.0 Å². The number of fused-ring (bicyclic) bond motifs is 1. The monoisotopic (exact) mass is 459 g/mol. The number of esters is 2. The van der Waals surface area contributed by atoms with Crippen molar-refractivity contribution in [3.05, 3.63) is 46.0 Å². The van der Waals surface area contributed by atoms with Crippen LogP contribution >= 0.6 is 11.3 Å². The summed E-state index contributed by atoms with van der Waals surface area (Å²) in [5.74, 6) is -0.935. The molecule has 1 amide bonds. The van der Waals surface area contributed by atoms with Crippen LogP contribution in [0.3, 0.4) is 0 Å². The molecular formula is C23H25NO7S. The van der Waals surface area contributed by atoms with Crippen LogP contribution in [-0.4, -0.2) is 38.2 Å². The molecule has 0 aliphatic carbocycles. The van der Waals surface area contributed by atoms with Crippen molar-refractivity contribution in [2.75, 3.05) is 25.6 Å². The van der Waals surface area contributed by atoms with E-state index < -0.39 is 24.5 Å².